The highest BCUT2D eigenvalue weighted by molar-refractivity contribution is 7.89. The summed E-state index contributed by atoms with van der Waals surface area (Å²) in [6, 6.07) is 19.4. The van der Waals surface area contributed by atoms with Crippen LogP contribution in [0.4, 0.5) is 0 Å². The molecule has 0 fully saturated rings. The van der Waals surface area contributed by atoms with E-state index < -0.39 is 33.0 Å². The van der Waals surface area contributed by atoms with Gasteiger partial charge in [-0.25, -0.2) is 13.1 Å². The number of hydrogen-bond donors (Lipinski definition) is 2. The van der Waals surface area contributed by atoms with Crippen molar-refractivity contribution < 1.29 is 13.5 Å². The van der Waals surface area contributed by atoms with Crippen LogP contribution in [0.3, 0.4) is 0 Å². The van der Waals surface area contributed by atoms with Gasteiger partial charge in [-0.05, 0) is 54.3 Å². The minimum atomic E-state index is -4.03. The predicted molar refractivity (Wildman–Crippen MR) is 122 cm³/mol. The molecule has 3 aliphatic rings. The number of rotatable bonds is 3. The van der Waals surface area contributed by atoms with Gasteiger partial charge in [0.2, 0.25) is 10.0 Å². The van der Waals surface area contributed by atoms with Crippen LogP contribution in [-0.4, -0.2) is 25.7 Å². The maximum absolute atomic E-state index is 13.4. The van der Waals surface area contributed by atoms with Gasteiger partial charge in [-0.15, -0.1) is 0 Å². The molecule has 4 nitrogen and oxygen atoms in total. The lowest BCUT2D eigenvalue weighted by Gasteiger charge is -2.59. The first-order chi connectivity index (χ1) is 14.6. The van der Waals surface area contributed by atoms with Gasteiger partial charge in [-0.1, -0.05) is 71.7 Å². The van der Waals surface area contributed by atoms with E-state index in [1.807, 2.05) is 62.4 Å². The van der Waals surface area contributed by atoms with Crippen molar-refractivity contribution in [2.45, 2.75) is 41.7 Å². The average molecular weight is 474 g/mol. The first kappa shape index (κ1) is 21.0. The quantitative estimate of drug-likeness (QED) is 0.581. The number of hydrogen-bond acceptors (Lipinski definition) is 3. The number of fused-ring (bicyclic) bond motifs is 1. The number of aliphatic hydroxyl groups excluding tert-OH is 1. The van der Waals surface area contributed by atoms with E-state index in [-0.39, 0.29) is 9.92 Å². The summed E-state index contributed by atoms with van der Waals surface area (Å²) in [6.07, 6.45) is -0.983. The smallest absolute Gasteiger partial charge is 0.242 e. The summed E-state index contributed by atoms with van der Waals surface area (Å²) in [4.78, 5) is -0.0671. The number of sulfonamides is 1. The van der Waals surface area contributed by atoms with Crippen LogP contribution in [0.15, 0.2) is 71.6 Å². The molecule has 0 aliphatic heterocycles. The van der Waals surface area contributed by atoms with E-state index in [1.165, 1.54) is 18.2 Å². The lowest BCUT2D eigenvalue weighted by atomic mass is 9.47. The van der Waals surface area contributed by atoms with Crippen LogP contribution < -0.4 is 4.72 Å². The minimum absolute atomic E-state index is 0.0348. The Hall–Kier alpha value is -1.89. The molecule has 0 saturated heterocycles. The van der Waals surface area contributed by atoms with Crippen molar-refractivity contribution in [3.63, 3.8) is 0 Å². The van der Waals surface area contributed by atoms with Gasteiger partial charge in [-0.3, -0.25) is 0 Å². The molecule has 160 valence electrons. The Bertz CT molecular complexity index is 1270. The number of halogens is 2. The van der Waals surface area contributed by atoms with E-state index in [2.05, 4.69) is 4.72 Å². The molecule has 3 aromatic carbocycles. The monoisotopic (exact) mass is 473 g/mol. The number of benzene rings is 3. The van der Waals surface area contributed by atoms with E-state index in [1.54, 1.807) is 0 Å². The Morgan fingerprint density at radius 3 is 1.81 bits per heavy atom. The molecule has 0 spiro atoms. The third kappa shape index (κ3) is 2.71. The molecular weight excluding hydrogens is 453 g/mol. The number of nitrogens with one attached hydrogen (secondary N) is 1. The molecule has 31 heavy (non-hydrogen) atoms. The molecule has 7 heteroatoms. The van der Waals surface area contributed by atoms with Crippen LogP contribution in [-0.2, 0) is 20.9 Å². The molecule has 2 atom stereocenters. The summed E-state index contributed by atoms with van der Waals surface area (Å²) in [7, 11) is -4.03. The van der Waals surface area contributed by atoms with E-state index in [0.717, 1.165) is 22.3 Å². The largest absolute Gasteiger partial charge is 0.390 e. The maximum atomic E-state index is 13.4. The molecule has 3 aliphatic carbocycles. The van der Waals surface area contributed by atoms with Crippen molar-refractivity contribution in [3.8, 4) is 0 Å². The highest BCUT2D eigenvalue weighted by atomic mass is 35.5. The van der Waals surface area contributed by atoms with Crippen LogP contribution in [0.2, 0.25) is 10.0 Å². The van der Waals surface area contributed by atoms with Gasteiger partial charge in [0, 0.05) is 15.9 Å². The Morgan fingerprint density at radius 1 is 0.839 bits per heavy atom. The molecule has 0 amide bonds. The fourth-order valence-electron chi connectivity index (χ4n) is 5.48. The van der Waals surface area contributed by atoms with Gasteiger partial charge in [0.25, 0.3) is 0 Å². The van der Waals surface area contributed by atoms with Crippen molar-refractivity contribution in [1.82, 2.24) is 4.72 Å². The zero-order valence-corrected chi connectivity index (χ0v) is 19.3. The lowest BCUT2D eigenvalue weighted by molar-refractivity contribution is 0.0302. The third-order valence-corrected chi connectivity index (χ3v) is 9.25. The number of aliphatic hydroxyl groups is 1. The van der Waals surface area contributed by atoms with E-state index in [9.17, 15) is 13.5 Å². The van der Waals surface area contributed by atoms with Crippen molar-refractivity contribution in [2.24, 2.45) is 0 Å². The van der Waals surface area contributed by atoms with Crippen molar-refractivity contribution in [2.75, 3.05) is 0 Å². The second-order valence-electron chi connectivity index (χ2n) is 8.61. The summed E-state index contributed by atoms with van der Waals surface area (Å²) in [5.74, 6) is 0. The summed E-state index contributed by atoms with van der Waals surface area (Å²) >= 11 is 12.2. The molecule has 2 bridgehead atoms. The molecule has 3 aromatic rings. The summed E-state index contributed by atoms with van der Waals surface area (Å²) in [5, 5.41) is 12.0. The Labute approximate surface area is 191 Å². The Balaban J connectivity index is 1.72. The fraction of sp³-hybridized carbons (Fsp3) is 0.250. The summed E-state index contributed by atoms with van der Waals surface area (Å²) in [5.41, 5.74) is 2.53. The lowest BCUT2D eigenvalue weighted by Crippen LogP contribution is -2.69. The van der Waals surface area contributed by atoms with E-state index in [4.69, 9.17) is 23.2 Å². The Morgan fingerprint density at radius 2 is 1.32 bits per heavy atom. The highest BCUT2D eigenvalue weighted by Gasteiger charge is 2.62. The fourth-order valence-corrected chi connectivity index (χ4v) is 7.58. The molecular formula is C24H21Cl2NO3S. The molecule has 2 unspecified atom stereocenters. The van der Waals surface area contributed by atoms with Crippen molar-refractivity contribution in [3.05, 3.63) is 99.0 Å². The van der Waals surface area contributed by atoms with Crippen molar-refractivity contribution >= 4 is 33.2 Å². The molecule has 6 rings (SSSR count). The van der Waals surface area contributed by atoms with Gasteiger partial charge >= 0.3 is 0 Å². The maximum Gasteiger partial charge on any atom is 0.242 e. The third-order valence-electron chi connectivity index (χ3n) is 7.09. The normalized spacial score (nSPS) is 28.8. The van der Waals surface area contributed by atoms with Crippen LogP contribution in [0, 0.1) is 0 Å². The second-order valence-corrected chi connectivity index (χ2v) is 11.1. The summed E-state index contributed by atoms with van der Waals surface area (Å²) in [6.45, 7) is 3.97. The standard InChI is InChI=1S/C24H21Cl2NO3S/c1-23-15-7-3-5-9-17(15)24(2,18-10-6-4-8-16(18)23)22(28)21(23)27-31(29,30)20-12-11-14(25)13-19(20)26/h3-13,21-22,27-28H,1-2H3. The average Bonchev–Trinajstić information content (AvgIpc) is 2.74. The molecule has 0 saturated carbocycles. The van der Waals surface area contributed by atoms with Gasteiger partial charge in [0.05, 0.1) is 17.2 Å². The second kappa shape index (κ2) is 6.80. The van der Waals surface area contributed by atoms with E-state index in [0.29, 0.717) is 5.02 Å². The molecule has 0 aromatic heterocycles. The van der Waals surface area contributed by atoms with Crippen LogP contribution in [0.1, 0.15) is 36.1 Å². The van der Waals surface area contributed by atoms with Gasteiger partial charge < -0.3 is 5.11 Å². The first-order valence-corrected chi connectivity index (χ1v) is 12.2. The highest BCUT2D eigenvalue weighted by Crippen LogP contribution is 2.59. The molecule has 0 heterocycles. The zero-order valence-electron chi connectivity index (χ0n) is 16.9. The Kier molecular flexibility index (Phi) is 4.60. The van der Waals surface area contributed by atoms with E-state index >= 15 is 0 Å². The van der Waals surface area contributed by atoms with Crippen molar-refractivity contribution in [1.29, 1.82) is 0 Å². The van der Waals surface area contributed by atoms with Gasteiger partial charge in [0.15, 0.2) is 0 Å². The van der Waals surface area contributed by atoms with Crippen LogP contribution in [0.25, 0.3) is 0 Å². The minimum Gasteiger partial charge on any atom is -0.390 e. The SMILES string of the molecule is CC12c3ccccc3C(C)(c3ccccc31)C(NS(=O)(=O)c1ccc(Cl)cc1Cl)C2O. The van der Waals surface area contributed by atoms with Crippen LogP contribution >= 0.6 is 23.2 Å². The topological polar surface area (TPSA) is 66.4 Å². The molecule has 0 radical (unpaired) electrons. The zero-order chi connectivity index (χ0) is 22.2. The first-order valence-electron chi connectivity index (χ1n) is 9.97. The predicted octanol–water partition coefficient (Wildman–Crippen LogP) is 4.64. The van der Waals surface area contributed by atoms with Gasteiger partial charge in [0.1, 0.15) is 4.90 Å². The molecule has 2 N–H and O–H groups in total. The van der Waals surface area contributed by atoms with Crippen LogP contribution in [0.5, 0.6) is 0 Å². The summed E-state index contributed by atoms with van der Waals surface area (Å²) < 4.78 is 29.5. The van der Waals surface area contributed by atoms with Gasteiger partial charge in [-0.2, -0.15) is 0 Å².